The highest BCUT2D eigenvalue weighted by molar-refractivity contribution is 5.98. The number of carbonyl (C=O) groups is 1. The number of aromatic nitrogens is 2. The van der Waals surface area contributed by atoms with Crippen LogP contribution in [0.15, 0.2) is 42.5 Å². The Morgan fingerprint density at radius 3 is 2.36 bits per heavy atom. The van der Waals surface area contributed by atoms with Gasteiger partial charge in [-0.2, -0.15) is 18.3 Å². The van der Waals surface area contributed by atoms with Crippen molar-refractivity contribution in [3.05, 3.63) is 75.0 Å². The van der Waals surface area contributed by atoms with Crippen molar-refractivity contribution in [3.8, 4) is 11.3 Å². The van der Waals surface area contributed by atoms with Crippen molar-refractivity contribution < 1.29 is 32.7 Å². The van der Waals surface area contributed by atoms with Gasteiger partial charge in [-0.05, 0) is 38.7 Å². The number of hydrogen-bond donors (Lipinski definition) is 1. The van der Waals surface area contributed by atoms with Gasteiger partial charge in [0.2, 0.25) is 0 Å². The van der Waals surface area contributed by atoms with E-state index in [0.29, 0.717) is 50.5 Å². The highest BCUT2D eigenvalue weighted by Crippen LogP contribution is 2.34. The van der Waals surface area contributed by atoms with Gasteiger partial charge in [0.1, 0.15) is 5.69 Å². The molecule has 44 heavy (non-hydrogen) atoms. The topological polar surface area (TPSA) is 117 Å². The summed E-state index contributed by atoms with van der Waals surface area (Å²) in [6, 6.07) is 9.24. The fourth-order valence-electron chi connectivity index (χ4n) is 5.38. The highest BCUT2D eigenvalue weighted by Gasteiger charge is 2.31. The van der Waals surface area contributed by atoms with Crippen molar-refractivity contribution in [1.82, 2.24) is 19.6 Å². The molecule has 238 valence electrons. The second-order valence-corrected chi connectivity index (χ2v) is 10.9. The second kappa shape index (κ2) is 13.7. The number of rotatable bonds is 11. The van der Waals surface area contributed by atoms with Crippen LogP contribution >= 0.6 is 0 Å². The zero-order valence-corrected chi connectivity index (χ0v) is 25.2. The third-order valence-electron chi connectivity index (χ3n) is 7.94. The Balaban J connectivity index is 1.47. The van der Waals surface area contributed by atoms with Crippen molar-refractivity contribution in [2.24, 2.45) is 0 Å². The SMILES string of the molecule is CCN(C)Cc1c(-c2ccc(C(F)(F)F)cc2)nn(CC(O)CN2CCN(c3c(C(=O)OC)cccc3[N+](=O)[O-])CC2)c1C. The quantitative estimate of drug-likeness (QED) is 0.192. The summed E-state index contributed by atoms with van der Waals surface area (Å²) in [5.41, 5.74) is 2.26. The van der Waals surface area contributed by atoms with Crippen molar-refractivity contribution in [2.45, 2.75) is 39.2 Å². The number of para-hydroxylation sites is 1. The van der Waals surface area contributed by atoms with Gasteiger partial charge in [0.15, 0.2) is 0 Å². The molecular weight excluding hydrogens is 581 g/mol. The standard InChI is InChI=1S/C30H37F3N6O5/c1-5-35(3)19-25-20(2)38(34-27(25)21-9-11-22(12-10-21)30(31,32)33)18-23(40)17-36-13-15-37(16-14-36)28-24(29(41)44-4)7-6-8-26(28)39(42)43/h6-12,23,40H,5,13-19H2,1-4H3. The van der Waals surface area contributed by atoms with Gasteiger partial charge in [0, 0.05) is 62.2 Å². The average Bonchev–Trinajstić information content (AvgIpc) is 3.30. The minimum Gasteiger partial charge on any atom is -0.465 e. The second-order valence-electron chi connectivity index (χ2n) is 10.9. The Morgan fingerprint density at radius 1 is 1.14 bits per heavy atom. The lowest BCUT2D eigenvalue weighted by Crippen LogP contribution is -2.49. The van der Waals surface area contributed by atoms with Gasteiger partial charge in [-0.15, -0.1) is 0 Å². The molecule has 0 bridgehead atoms. The number of aliphatic hydroxyl groups excluding tert-OH is 1. The molecule has 0 aliphatic carbocycles. The van der Waals surface area contributed by atoms with Crippen LogP contribution in [0.1, 0.15) is 34.1 Å². The number of aliphatic hydroxyl groups is 1. The van der Waals surface area contributed by atoms with Crippen molar-refractivity contribution in [3.63, 3.8) is 0 Å². The average molecular weight is 619 g/mol. The number of piperazine rings is 1. The van der Waals surface area contributed by atoms with Crippen LogP contribution in [-0.4, -0.2) is 95.1 Å². The van der Waals surface area contributed by atoms with E-state index >= 15 is 0 Å². The molecule has 0 amide bonds. The summed E-state index contributed by atoms with van der Waals surface area (Å²) in [5, 5.41) is 27.5. The molecule has 2 heterocycles. The van der Waals surface area contributed by atoms with Crippen LogP contribution in [0, 0.1) is 17.0 Å². The Bertz CT molecular complexity index is 1470. The van der Waals surface area contributed by atoms with Gasteiger partial charge < -0.3 is 19.6 Å². The Morgan fingerprint density at radius 2 is 1.80 bits per heavy atom. The summed E-state index contributed by atoms with van der Waals surface area (Å²) in [6.45, 7) is 7.46. The minimum atomic E-state index is -4.44. The largest absolute Gasteiger partial charge is 0.465 e. The molecule has 1 aromatic heterocycles. The maximum Gasteiger partial charge on any atom is 0.416 e. The molecule has 3 aromatic rings. The van der Waals surface area contributed by atoms with Gasteiger partial charge in [-0.3, -0.25) is 19.7 Å². The maximum atomic E-state index is 13.1. The number of nitro groups is 1. The van der Waals surface area contributed by atoms with E-state index in [1.807, 2.05) is 25.8 Å². The molecular formula is C30H37F3N6O5. The normalized spacial score (nSPS) is 15.1. The van der Waals surface area contributed by atoms with Gasteiger partial charge >= 0.3 is 12.1 Å². The lowest BCUT2D eigenvalue weighted by molar-refractivity contribution is -0.384. The van der Waals surface area contributed by atoms with E-state index in [1.165, 1.54) is 37.4 Å². The molecule has 1 atom stereocenters. The fraction of sp³-hybridized carbons (Fsp3) is 0.467. The molecule has 1 unspecified atom stereocenters. The number of β-amino-alcohol motifs (C(OH)–C–C–N with tert-alkyl or cyclic N) is 1. The first-order chi connectivity index (χ1) is 20.8. The summed E-state index contributed by atoms with van der Waals surface area (Å²) in [6.07, 6.45) is -5.25. The first-order valence-corrected chi connectivity index (χ1v) is 14.3. The molecule has 0 saturated carbocycles. The van der Waals surface area contributed by atoms with Gasteiger partial charge in [0.05, 0.1) is 41.5 Å². The molecule has 1 aliphatic rings. The van der Waals surface area contributed by atoms with Gasteiger partial charge in [-0.25, -0.2) is 4.79 Å². The fourth-order valence-corrected chi connectivity index (χ4v) is 5.38. The van der Waals surface area contributed by atoms with Crippen LogP contribution in [0.5, 0.6) is 0 Å². The molecule has 14 heteroatoms. The van der Waals surface area contributed by atoms with Gasteiger partial charge in [-0.1, -0.05) is 25.1 Å². The molecule has 11 nitrogen and oxygen atoms in total. The predicted octanol–water partition coefficient (Wildman–Crippen LogP) is 4.21. The van der Waals surface area contributed by atoms with Crippen molar-refractivity contribution in [1.29, 1.82) is 0 Å². The number of methoxy groups -OCH3 is 1. The van der Waals surface area contributed by atoms with Crippen LogP contribution in [0.2, 0.25) is 0 Å². The summed E-state index contributed by atoms with van der Waals surface area (Å²) in [7, 11) is 3.17. The summed E-state index contributed by atoms with van der Waals surface area (Å²) < 4.78 is 46.0. The molecule has 4 rings (SSSR count). The zero-order valence-electron chi connectivity index (χ0n) is 25.2. The minimum absolute atomic E-state index is 0.123. The molecule has 0 spiro atoms. The van der Waals surface area contributed by atoms with Gasteiger partial charge in [0.25, 0.3) is 5.69 Å². The molecule has 1 fully saturated rings. The zero-order chi connectivity index (χ0) is 32.2. The van der Waals surface area contributed by atoms with E-state index in [2.05, 4.69) is 4.90 Å². The van der Waals surface area contributed by atoms with Crippen LogP contribution in [0.4, 0.5) is 24.5 Å². The number of anilines is 1. The highest BCUT2D eigenvalue weighted by atomic mass is 19.4. The van der Waals surface area contributed by atoms with E-state index in [9.17, 15) is 33.2 Å². The number of nitrogens with zero attached hydrogens (tertiary/aromatic N) is 6. The van der Waals surface area contributed by atoms with Crippen LogP contribution in [0.25, 0.3) is 11.3 Å². The van der Waals surface area contributed by atoms with E-state index in [1.54, 1.807) is 9.58 Å². The maximum absolute atomic E-state index is 13.1. The number of esters is 1. The number of nitro benzene ring substituents is 1. The third kappa shape index (κ3) is 7.37. The number of alkyl halides is 3. The molecule has 2 aromatic carbocycles. The van der Waals surface area contributed by atoms with E-state index in [0.717, 1.165) is 29.9 Å². The molecule has 1 saturated heterocycles. The summed E-state index contributed by atoms with van der Waals surface area (Å²) >= 11 is 0. The molecule has 0 radical (unpaired) electrons. The third-order valence-corrected chi connectivity index (χ3v) is 7.94. The predicted molar refractivity (Wildman–Crippen MR) is 159 cm³/mol. The number of halogens is 3. The van der Waals surface area contributed by atoms with Crippen molar-refractivity contribution in [2.75, 3.05) is 58.3 Å². The number of ether oxygens (including phenoxy) is 1. The number of hydrogen-bond acceptors (Lipinski definition) is 9. The van der Waals surface area contributed by atoms with E-state index in [4.69, 9.17) is 9.84 Å². The van der Waals surface area contributed by atoms with Crippen molar-refractivity contribution >= 4 is 17.3 Å². The Hall–Kier alpha value is -4.01. The summed E-state index contributed by atoms with van der Waals surface area (Å²) in [5.74, 6) is -0.656. The first kappa shape index (κ1) is 32.9. The molecule has 1 N–H and O–H groups in total. The molecule has 1 aliphatic heterocycles. The van der Waals surface area contributed by atoms with Crippen LogP contribution < -0.4 is 4.90 Å². The van der Waals surface area contributed by atoms with Crippen LogP contribution in [-0.2, 0) is 24.0 Å². The van der Waals surface area contributed by atoms with Crippen LogP contribution in [0.3, 0.4) is 0 Å². The smallest absolute Gasteiger partial charge is 0.416 e. The van der Waals surface area contributed by atoms with E-state index < -0.39 is 28.7 Å². The van der Waals surface area contributed by atoms with E-state index in [-0.39, 0.29) is 23.5 Å². The first-order valence-electron chi connectivity index (χ1n) is 14.3. The Labute approximate surface area is 253 Å². The Kier molecular flexibility index (Phi) is 10.3. The lowest BCUT2D eigenvalue weighted by Gasteiger charge is -2.37. The lowest BCUT2D eigenvalue weighted by atomic mass is 10.0. The number of benzene rings is 2. The number of carbonyl (C=O) groups excluding carboxylic acids is 1. The summed E-state index contributed by atoms with van der Waals surface area (Å²) in [4.78, 5) is 29.4. The monoisotopic (exact) mass is 618 g/mol.